The van der Waals surface area contributed by atoms with E-state index < -0.39 is 17.5 Å². The van der Waals surface area contributed by atoms with Crippen LogP contribution < -0.4 is 0 Å². The van der Waals surface area contributed by atoms with E-state index in [1.165, 1.54) is 0 Å². The highest BCUT2D eigenvalue weighted by atomic mass is 16.5. The van der Waals surface area contributed by atoms with E-state index in [0.717, 1.165) is 5.56 Å². The first kappa shape index (κ1) is 12.8. The number of carbonyl (C=O) groups is 2. The number of carbonyl (C=O) groups excluding carboxylic acids is 2. The SMILES string of the molecule is CC[C@@H]1C(=O)C(C)(C)C(=O)O[C@H]1c1ccccc1. The first-order chi connectivity index (χ1) is 8.48. The normalized spacial score (nSPS) is 26.8. The van der Waals surface area contributed by atoms with Crippen LogP contribution in [0.4, 0.5) is 0 Å². The van der Waals surface area contributed by atoms with Crippen LogP contribution in [0.2, 0.25) is 0 Å². The van der Waals surface area contributed by atoms with Gasteiger partial charge in [-0.25, -0.2) is 0 Å². The van der Waals surface area contributed by atoms with E-state index in [1.807, 2.05) is 37.3 Å². The second-order valence-electron chi connectivity index (χ2n) is 5.24. The minimum atomic E-state index is -1.02. The van der Waals surface area contributed by atoms with Gasteiger partial charge in [-0.05, 0) is 25.8 Å². The van der Waals surface area contributed by atoms with Crippen molar-refractivity contribution in [2.75, 3.05) is 0 Å². The van der Waals surface area contributed by atoms with Gasteiger partial charge < -0.3 is 4.74 Å². The van der Waals surface area contributed by atoms with Gasteiger partial charge in [0.2, 0.25) is 0 Å². The third-order valence-electron chi connectivity index (χ3n) is 3.63. The van der Waals surface area contributed by atoms with Crippen molar-refractivity contribution in [2.24, 2.45) is 11.3 Å². The zero-order valence-corrected chi connectivity index (χ0v) is 11.0. The lowest BCUT2D eigenvalue weighted by molar-refractivity contribution is -0.179. The molecule has 3 heteroatoms. The Bertz CT molecular complexity index is 462. The maximum atomic E-state index is 12.4. The van der Waals surface area contributed by atoms with Gasteiger partial charge in [-0.2, -0.15) is 0 Å². The van der Waals surface area contributed by atoms with E-state index in [0.29, 0.717) is 6.42 Å². The molecule has 1 heterocycles. The van der Waals surface area contributed by atoms with Gasteiger partial charge in [-0.15, -0.1) is 0 Å². The van der Waals surface area contributed by atoms with Crippen molar-refractivity contribution in [2.45, 2.75) is 33.3 Å². The van der Waals surface area contributed by atoms with E-state index in [-0.39, 0.29) is 11.7 Å². The number of Topliss-reactive ketones (excluding diaryl/α,β-unsaturated/α-hetero) is 1. The highest BCUT2D eigenvalue weighted by molar-refractivity contribution is 6.06. The van der Waals surface area contributed by atoms with Crippen molar-refractivity contribution in [3.8, 4) is 0 Å². The third-order valence-corrected chi connectivity index (χ3v) is 3.63. The molecule has 2 rings (SSSR count). The van der Waals surface area contributed by atoms with E-state index >= 15 is 0 Å². The topological polar surface area (TPSA) is 43.4 Å². The van der Waals surface area contributed by atoms with Crippen LogP contribution in [-0.2, 0) is 14.3 Å². The minimum Gasteiger partial charge on any atom is -0.456 e. The van der Waals surface area contributed by atoms with Crippen LogP contribution in [0.5, 0.6) is 0 Å². The van der Waals surface area contributed by atoms with Crippen LogP contribution in [0.3, 0.4) is 0 Å². The molecule has 18 heavy (non-hydrogen) atoms. The Kier molecular flexibility index (Phi) is 3.24. The maximum absolute atomic E-state index is 12.4. The number of ether oxygens (including phenoxy) is 1. The standard InChI is InChI=1S/C15H18O3/c1-4-11-12(10-8-6-5-7-9-10)18-14(17)15(2,3)13(11)16/h5-9,11-12H,4H2,1-3H3/t11-,12-/m0/s1. The average Bonchev–Trinajstić information content (AvgIpc) is 2.37. The molecule has 0 bridgehead atoms. The predicted octanol–water partition coefficient (Wildman–Crippen LogP) is 2.91. The molecule has 1 fully saturated rings. The molecule has 1 aliphatic heterocycles. The van der Waals surface area contributed by atoms with Crippen molar-refractivity contribution in [3.05, 3.63) is 35.9 Å². The summed E-state index contributed by atoms with van der Waals surface area (Å²) < 4.78 is 5.50. The molecular weight excluding hydrogens is 228 g/mol. The van der Waals surface area contributed by atoms with Crippen LogP contribution >= 0.6 is 0 Å². The Labute approximate surface area is 107 Å². The molecule has 0 aliphatic carbocycles. The maximum Gasteiger partial charge on any atom is 0.319 e. The second kappa shape index (κ2) is 4.56. The zero-order chi connectivity index (χ0) is 13.3. The fourth-order valence-corrected chi connectivity index (χ4v) is 2.39. The molecule has 1 aromatic carbocycles. The number of hydrogen-bond acceptors (Lipinski definition) is 3. The Balaban J connectivity index is 2.38. The molecule has 0 saturated carbocycles. The number of esters is 1. The van der Waals surface area contributed by atoms with Gasteiger partial charge in [0.15, 0.2) is 5.78 Å². The summed E-state index contributed by atoms with van der Waals surface area (Å²) in [4.78, 5) is 24.3. The van der Waals surface area contributed by atoms with Gasteiger partial charge in [0.1, 0.15) is 11.5 Å². The number of ketones is 1. The van der Waals surface area contributed by atoms with E-state index in [1.54, 1.807) is 13.8 Å². The molecule has 96 valence electrons. The summed E-state index contributed by atoms with van der Waals surface area (Å²) in [7, 11) is 0. The summed E-state index contributed by atoms with van der Waals surface area (Å²) in [6.45, 7) is 5.23. The molecule has 0 aromatic heterocycles. The molecule has 0 radical (unpaired) electrons. The fourth-order valence-electron chi connectivity index (χ4n) is 2.39. The number of benzene rings is 1. The largest absolute Gasteiger partial charge is 0.456 e. The molecule has 0 spiro atoms. The molecule has 2 atom stereocenters. The van der Waals surface area contributed by atoms with Gasteiger partial charge in [0.05, 0.1) is 5.92 Å². The third kappa shape index (κ3) is 1.94. The number of hydrogen-bond donors (Lipinski definition) is 0. The lowest BCUT2D eigenvalue weighted by Gasteiger charge is -2.37. The van der Waals surface area contributed by atoms with Gasteiger partial charge in [-0.3, -0.25) is 9.59 Å². The van der Waals surface area contributed by atoms with E-state index in [9.17, 15) is 9.59 Å². The molecular formula is C15H18O3. The Morgan fingerprint density at radius 2 is 1.78 bits per heavy atom. The monoisotopic (exact) mass is 246 g/mol. The summed E-state index contributed by atoms with van der Waals surface area (Å²) in [5.74, 6) is -0.693. The van der Waals surface area contributed by atoms with E-state index in [2.05, 4.69) is 0 Å². The highest BCUT2D eigenvalue weighted by Gasteiger charge is 2.50. The Morgan fingerprint density at radius 1 is 1.17 bits per heavy atom. The Hall–Kier alpha value is -1.64. The van der Waals surface area contributed by atoms with Crippen LogP contribution in [0, 0.1) is 11.3 Å². The average molecular weight is 246 g/mol. The van der Waals surface area contributed by atoms with Crippen LogP contribution in [-0.4, -0.2) is 11.8 Å². The first-order valence-corrected chi connectivity index (χ1v) is 6.28. The summed E-state index contributed by atoms with van der Waals surface area (Å²) in [5.41, 5.74) is -0.132. The summed E-state index contributed by atoms with van der Waals surface area (Å²) >= 11 is 0. The molecule has 0 unspecified atom stereocenters. The first-order valence-electron chi connectivity index (χ1n) is 6.28. The summed E-state index contributed by atoms with van der Waals surface area (Å²) in [5, 5.41) is 0. The lowest BCUT2D eigenvalue weighted by Crippen LogP contribution is -2.47. The molecule has 1 saturated heterocycles. The van der Waals surface area contributed by atoms with Crippen molar-refractivity contribution in [1.82, 2.24) is 0 Å². The van der Waals surface area contributed by atoms with Gasteiger partial charge in [0.25, 0.3) is 0 Å². The van der Waals surface area contributed by atoms with Crippen LogP contribution in [0.15, 0.2) is 30.3 Å². The molecule has 0 N–H and O–H groups in total. The smallest absolute Gasteiger partial charge is 0.319 e. The highest BCUT2D eigenvalue weighted by Crippen LogP contribution is 2.41. The van der Waals surface area contributed by atoms with Crippen LogP contribution in [0.1, 0.15) is 38.9 Å². The predicted molar refractivity (Wildman–Crippen MR) is 67.8 cm³/mol. The minimum absolute atomic E-state index is 0.0184. The lowest BCUT2D eigenvalue weighted by atomic mass is 9.74. The zero-order valence-electron chi connectivity index (χ0n) is 11.0. The molecule has 1 aliphatic rings. The summed E-state index contributed by atoms with van der Waals surface area (Å²) in [6.07, 6.45) is 0.235. The quantitative estimate of drug-likeness (QED) is 0.595. The van der Waals surface area contributed by atoms with Crippen molar-refractivity contribution in [3.63, 3.8) is 0 Å². The van der Waals surface area contributed by atoms with Gasteiger partial charge >= 0.3 is 5.97 Å². The Morgan fingerprint density at radius 3 is 2.33 bits per heavy atom. The summed E-state index contributed by atoms with van der Waals surface area (Å²) in [6, 6.07) is 9.47. The second-order valence-corrected chi connectivity index (χ2v) is 5.24. The van der Waals surface area contributed by atoms with E-state index in [4.69, 9.17) is 4.74 Å². The van der Waals surface area contributed by atoms with Crippen molar-refractivity contribution < 1.29 is 14.3 Å². The number of rotatable bonds is 2. The van der Waals surface area contributed by atoms with Gasteiger partial charge in [0, 0.05) is 0 Å². The molecule has 1 aromatic rings. The molecule has 0 amide bonds. The van der Waals surface area contributed by atoms with Gasteiger partial charge in [-0.1, -0.05) is 37.3 Å². The molecule has 3 nitrogen and oxygen atoms in total. The van der Waals surface area contributed by atoms with Crippen LogP contribution in [0.25, 0.3) is 0 Å². The van der Waals surface area contributed by atoms with Crippen molar-refractivity contribution >= 4 is 11.8 Å². The van der Waals surface area contributed by atoms with Crippen molar-refractivity contribution in [1.29, 1.82) is 0 Å². The number of cyclic esters (lactones) is 1. The fraction of sp³-hybridized carbons (Fsp3) is 0.467.